The van der Waals surface area contributed by atoms with Gasteiger partial charge in [-0.05, 0) is 36.5 Å². The van der Waals surface area contributed by atoms with E-state index in [1.54, 1.807) is 10.9 Å². The summed E-state index contributed by atoms with van der Waals surface area (Å²) < 4.78 is 1.80. The Hall–Kier alpha value is -1.84. The van der Waals surface area contributed by atoms with E-state index in [0.29, 0.717) is 5.69 Å². The van der Waals surface area contributed by atoms with Crippen LogP contribution in [0.5, 0.6) is 0 Å². The van der Waals surface area contributed by atoms with Crippen LogP contribution in [0.25, 0.3) is 5.82 Å². The first kappa shape index (κ1) is 8.47. The summed E-state index contributed by atoms with van der Waals surface area (Å²) in [5.74, 6) is 1.55. The molecule has 76 valence electrons. The van der Waals surface area contributed by atoms with Gasteiger partial charge in [0.2, 0.25) is 0 Å². The van der Waals surface area contributed by atoms with Crippen molar-refractivity contribution in [1.82, 2.24) is 14.8 Å². The third-order valence-electron chi connectivity index (χ3n) is 2.66. The highest BCUT2D eigenvalue weighted by Gasteiger charge is 2.24. The summed E-state index contributed by atoms with van der Waals surface area (Å²) in [6, 6.07) is 3.71. The average molecular weight is 200 g/mol. The van der Waals surface area contributed by atoms with Gasteiger partial charge in [0.15, 0.2) is 5.82 Å². The molecule has 2 aromatic rings. The standard InChI is InChI=1S/C11H12N4/c12-10-3-4-11(13-6-10)15-7-9(5-14-15)8-1-2-8/h3-8H,1-2,12H2. The lowest BCUT2D eigenvalue weighted by atomic mass is 10.2. The molecule has 0 bridgehead atoms. The molecule has 2 heterocycles. The number of rotatable bonds is 2. The number of pyridine rings is 1. The topological polar surface area (TPSA) is 56.7 Å². The van der Waals surface area contributed by atoms with E-state index in [1.807, 2.05) is 18.3 Å². The van der Waals surface area contributed by atoms with Crippen molar-refractivity contribution < 1.29 is 0 Å². The minimum absolute atomic E-state index is 0.674. The van der Waals surface area contributed by atoms with E-state index >= 15 is 0 Å². The molecule has 4 heteroatoms. The van der Waals surface area contributed by atoms with Crippen molar-refractivity contribution in [3.63, 3.8) is 0 Å². The molecule has 1 fully saturated rings. The maximum atomic E-state index is 5.58. The number of anilines is 1. The lowest BCUT2D eigenvalue weighted by molar-refractivity contribution is 0.846. The van der Waals surface area contributed by atoms with Crippen LogP contribution in [0, 0.1) is 0 Å². The zero-order valence-electron chi connectivity index (χ0n) is 8.30. The number of nitrogens with two attached hydrogens (primary N) is 1. The van der Waals surface area contributed by atoms with Crippen molar-refractivity contribution in [3.8, 4) is 5.82 Å². The molecule has 0 unspecified atom stereocenters. The van der Waals surface area contributed by atoms with Gasteiger partial charge in [-0.1, -0.05) is 0 Å². The third kappa shape index (κ3) is 1.58. The molecule has 1 aliphatic rings. The fourth-order valence-electron chi connectivity index (χ4n) is 1.62. The first-order valence-electron chi connectivity index (χ1n) is 5.09. The summed E-state index contributed by atoms with van der Waals surface area (Å²) in [4.78, 5) is 4.22. The number of aromatic nitrogens is 3. The summed E-state index contributed by atoms with van der Waals surface area (Å²) in [5.41, 5.74) is 7.56. The molecule has 1 saturated carbocycles. The second kappa shape index (κ2) is 3.08. The molecular formula is C11H12N4. The SMILES string of the molecule is Nc1ccc(-n2cc(C3CC3)cn2)nc1. The summed E-state index contributed by atoms with van der Waals surface area (Å²) in [5, 5.41) is 4.29. The zero-order chi connectivity index (χ0) is 10.3. The first-order valence-corrected chi connectivity index (χ1v) is 5.09. The molecule has 2 aromatic heterocycles. The van der Waals surface area contributed by atoms with Crippen molar-refractivity contribution in [2.75, 3.05) is 5.73 Å². The predicted octanol–water partition coefficient (Wildman–Crippen LogP) is 1.73. The monoisotopic (exact) mass is 200 g/mol. The minimum Gasteiger partial charge on any atom is -0.397 e. The summed E-state index contributed by atoms with van der Waals surface area (Å²) in [6.07, 6.45) is 8.21. The van der Waals surface area contributed by atoms with Gasteiger partial charge in [-0.25, -0.2) is 9.67 Å². The van der Waals surface area contributed by atoms with E-state index in [9.17, 15) is 0 Å². The van der Waals surface area contributed by atoms with Crippen molar-refractivity contribution in [3.05, 3.63) is 36.3 Å². The molecule has 1 aliphatic carbocycles. The van der Waals surface area contributed by atoms with Gasteiger partial charge in [0.25, 0.3) is 0 Å². The largest absolute Gasteiger partial charge is 0.397 e. The fourth-order valence-corrected chi connectivity index (χ4v) is 1.62. The summed E-state index contributed by atoms with van der Waals surface area (Å²) in [7, 11) is 0. The van der Waals surface area contributed by atoms with Gasteiger partial charge in [0.05, 0.1) is 18.1 Å². The van der Waals surface area contributed by atoms with Gasteiger partial charge in [-0.2, -0.15) is 5.10 Å². The van der Waals surface area contributed by atoms with E-state index in [0.717, 1.165) is 11.7 Å². The smallest absolute Gasteiger partial charge is 0.153 e. The Labute approximate surface area is 87.7 Å². The highest BCUT2D eigenvalue weighted by molar-refractivity contribution is 5.38. The van der Waals surface area contributed by atoms with Crippen LogP contribution in [0.15, 0.2) is 30.7 Å². The van der Waals surface area contributed by atoms with Crippen molar-refractivity contribution in [1.29, 1.82) is 0 Å². The van der Waals surface area contributed by atoms with Gasteiger partial charge >= 0.3 is 0 Å². The lowest BCUT2D eigenvalue weighted by Gasteiger charge is -1.99. The number of hydrogen-bond acceptors (Lipinski definition) is 3. The van der Waals surface area contributed by atoms with Crippen molar-refractivity contribution in [2.24, 2.45) is 0 Å². The Morgan fingerprint density at radius 3 is 2.80 bits per heavy atom. The number of hydrogen-bond donors (Lipinski definition) is 1. The van der Waals surface area contributed by atoms with E-state index in [4.69, 9.17) is 5.73 Å². The van der Waals surface area contributed by atoms with Crippen LogP contribution in [0.2, 0.25) is 0 Å². The first-order chi connectivity index (χ1) is 7.33. The van der Waals surface area contributed by atoms with Crippen LogP contribution in [-0.4, -0.2) is 14.8 Å². The Morgan fingerprint density at radius 2 is 2.13 bits per heavy atom. The normalized spacial score (nSPS) is 15.5. The minimum atomic E-state index is 0.674. The maximum absolute atomic E-state index is 5.58. The fraction of sp³-hybridized carbons (Fsp3) is 0.273. The summed E-state index contributed by atoms with van der Waals surface area (Å²) >= 11 is 0. The zero-order valence-corrected chi connectivity index (χ0v) is 8.30. The average Bonchev–Trinajstić information content (AvgIpc) is 2.99. The molecule has 0 spiro atoms. The van der Waals surface area contributed by atoms with Gasteiger partial charge in [-0.3, -0.25) is 0 Å². The number of nitrogen functional groups attached to an aromatic ring is 1. The quantitative estimate of drug-likeness (QED) is 0.803. The van der Waals surface area contributed by atoms with Crippen LogP contribution in [-0.2, 0) is 0 Å². The van der Waals surface area contributed by atoms with E-state index in [2.05, 4.69) is 16.3 Å². The van der Waals surface area contributed by atoms with Crippen LogP contribution in [0.3, 0.4) is 0 Å². The molecule has 15 heavy (non-hydrogen) atoms. The van der Waals surface area contributed by atoms with Crippen LogP contribution in [0.1, 0.15) is 24.3 Å². The molecular weight excluding hydrogens is 188 g/mol. The maximum Gasteiger partial charge on any atom is 0.153 e. The lowest BCUT2D eigenvalue weighted by Crippen LogP contribution is -1.98. The Bertz CT molecular complexity index is 468. The molecule has 4 nitrogen and oxygen atoms in total. The number of nitrogens with zero attached hydrogens (tertiary/aromatic N) is 3. The van der Waals surface area contributed by atoms with Gasteiger partial charge in [-0.15, -0.1) is 0 Å². The molecule has 3 rings (SSSR count). The molecule has 0 aliphatic heterocycles. The van der Waals surface area contributed by atoms with Crippen molar-refractivity contribution in [2.45, 2.75) is 18.8 Å². The molecule has 0 atom stereocenters. The van der Waals surface area contributed by atoms with Crippen LogP contribution >= 0.6 is 0 Å². The molecule has 0 aromatic carbocycles. The Morgan fingerprint density at radius 1 is 1.27 bits per heavy atom. The Kier molecular flexibility index (Phi) is 1.74. The highest BCUT2D eigenvalue weighted by atomic mass is 15.3. The second-order valence-corrected chi connectivity index (χ2v) is 3.94. The van der Waals surface area contributed by atoms with E-state index in [-0.39, 0.29) is 0 Å². The van der Waals surface area contributed by atoms with Gasteiger partial charge in [0, 0.05) is 6.20 Å². The van der Waals surface area contributed by atoms with Crippen LogP contribution < -0.4 is 5.73 Å². The second-order valence-electron chi connectivity index (χ2n) is 3.94. The molecule has 0 radical (unpaired) electrons. The van der Waals surface area contributed by atoms with E-state index < -0.39 is 0 Å². The third-order valence-corrected chi connectivity index (χ3v) is 2.66. The van der Waals surface area contributed by atoms with E-state index in [1.165, 1.54) is 18.4 Å². The van der Waals surface area contributed by atoms with Crippen molar-refractivity contribution >= 4 is 5.69 Å². The van der Waals surface area contributed by atoms with Gasteiger partial charge in [0.1, 0.15) is 0 Å². The molecule has 2 N–H and O–H groups in total. The molecule has 0 saturated heterocycles. The van der Waals surface area contributed by atoms with Gasteiger partial charge < -0.3 is 5.73 Å². The predicted molar refractivity (Wildman–Crippen MR) is 57.7 cm³/mol. The van der Waals surface area contributed by atoms with Crippen LogP contribution in [0.4, 0.5) is 5.69 Å². The summed E-state index contributed by atoms with van der Waals surface area (Å²) in [6.45, 7) is 0. The molecule has 0 amide bonds. The Balaban J connectivity index is 1.93. The highest BCUT2D eigenvalue weighted by Crippen LogP contribution is 2.39.